The van der Waals surface area contributed by atoms with E-state index in [-0.39, 0.29) is 5.78 Å². The number of carbonyl (C=O) groups is 1. The van der Waals surface area contributed by atoms with Gasteiger partial charge in [0.15, 0.2) is 0 Å². The summed E-state index contributed by atoms with van der Waals surface area (Å²) >= 11 is 0. The van der Waals surface area contributed by atoms with Crippen molar-refractivity contribution in [2.45, 2.75) is 78.7 Å². The normalized spacial score (nSPS) is 15.8. The van der Waals surface area contributed by atoms with Gasteiger partial charge >= 0.3 is 0 Å². The summed E-state index contributed by atoms with van der Waals surface area (Å²) in [6.45, 7) is 12.4. The summed E-state index contributed by atoms with van der Waals surface area (Å²) < 4.78 is 5.80. The lowest BCUT2D eigenvalue weighted by Crippen LogP contribution is -2.36. The molecular formula is C29H46N4O2. The lowest BCUT2D eigenvalue weighted by Gasteiger charge is -2.23. The van der Waals surface area contributed by atoms with E-state index in [1.54, 1.807) is 13.1 Å². The Labute approximate surface area is 212 Å². The van der Waals surface area contributed by atoms with Gasteiger partial charge in [0.1, 0.15) is 12.4 Å². The van der Waals surface area contributed by atoms with E-state index in [0.717, 1.165) is 58.3 Å². The van der Waals surface area contributed by atoms with Gasteiger partial charge in [0.25, 0.3) is 0 Å². The van der Waals surface area contributed by atoms with Crippen LogP contribution < -0.4 is 15.8 Å². The molecule has 2 rings (SSSR count). The Bertz CT molecular complexity index is 861. The number of ether oxygens (including phenoxy) is 1. The third-order valence-electron chi connectivity index (χ3n) is 6.80. The van der Waals surface area contributed by atoms with Crippen molar-refractivity contribution in [3.05, 3.63) is 59.0 Å². The van der Waals surface area contributed by atoms with E-state index in [2.05, 4.69) is 48.1 Å². The predicted molar refractivity (Wildman–Crippen MR) is 145 cm³/mol. The SMILES string of the molecule is CC/C(C)=C(/C=C\C1=C(C)NCCC1)CCCCN(CCOc1ccccn1)CC[C@H](N)C(C)=O. The second-order valence-corrected chi connectivity index (χ2v) is 9.49. The maximum absolute atomic E-state index is 11.6. The van der Waals surface area contributed by atoms with Crippen LogP contribution in [-0.4, -0.2) is 54.5 Å². The molecule has 194 valence electrons. The molecule has 0 aromatic carbocycles. The van der Waals surface area contributed by atoms with Crippen molar-refractivity contribution in [2.24, 2.45) is 5.73 Å². The monoisotopic (exact) mass is 482 g/mol. The van der Waals surface area contributed by atoms with E-state index in [1.165, 1.54) is 28.8 Å². The van der Waals surface area contributed by atoms with Crippen molar-refractivity contribution >= 4 is 5.78 Å². The van der Waals surface area contributed by atoms with Crippen LogP contribution in [0.5, 0.6) is 5.88 Å². The van der Waals surface area contributed by atoms with Crippen LogP contribution in [0.2, 0.25) is 0 Å². The molecule has 0 fully saturated rings. The molecule has 2 heterocycles. The van der Waals surface area contributed by atoms with E-state index in [9.17, 15) is 4.79 Å². The minimum Gasteiger partial charge on any atom is -0.476 e. The second kappa shape index (κ2) is 16.3. The van der Waals surface area contributed by atoms with Crippen molar-refractivity contribution in [3.8, 4) is 5.88 Å². The standard InChI is InChI=1S/C29H46N4O2/c1-5-23(2)26(14-15-27-12-10-18-31-24(27)3)11-7-9-19-33(20-16-28(30)25(4)34)21-22-35-29-13-6-8-17-32-29/h6,8,13-15,17,28,31H,5,7,9-12,16,18-22,30H2,1-4H3/b15-14-,26-23+/t28-/m0/s1. The number of Topliss-reactive ketones (excluding diaryl/α,β-unsaturated/α-hetero) is 1. The average molecular weight is 483 g/mol. The molecule has 1 aromatic rings. The summed E-state index contributed by atoms with van der Waals surface area (Å²) in [5.74, 6) is 0.688. The third-order valence-corrected chi connectivity index (χ3v) is 6.80. The van der Waals surface area contributed by atoms with Crippen molar-refractivity contribution in [2.75, 3.05) is 32.8 Å². The molecular weight excluding hydrogens is 436 g/mol. The highest BCUT2D eigenvalue weighted by Gasteiger charge is 2.12. The van der Waals surface area contributed by atoms with Crippen molar-refractivity contribution in [3.63, 3.8) is 0 Å². The first-order valence-corrected chi connectivity index (χ1v) is 13.2. The highest BCUT2D eigenvalue weighted by molar-refractivity contribution is 5.81. The number of unbranched alkanes of at least 4 members (excludes halogenated alkanes) is 1. The molecule has 35 heavy (non-hydrogen) atoms. The summed E-state index contributed by atoms with van der Waals surface area (Å²) in [5, 5.41) is 3.48. The highest BCUT2D eigenvalue weighted by Crippen LogP contribution is 2.21. The number of carbonyl (C=O) groups excluding carboxylic acids is 1. The number of pyridine rings is 1. The topological polar surface area (TPSA) is 80.5 Å². The van der Waals surface area contributed by atoms with Crippen LogP contribution in [0.3, 0.4) is 0 Å². The lowest BCUT2D eigenvalue weighted by molar-refractivity contribution is -0.118. The van der Waals surface area contributed by atoms with Crippen molar-refractivity contribution < 1.29 is 9.53 Å². The molecule has 1 atom stereocenters. The molecule has 0 radical (unpaired) electrons. The maximum Gasteiger partial charge on any atom is 0.213 e. The number of nitrogens with two attached hydrogens (primary N) is 1. The van der Waals surface area contributed by atoms with Gasteiger partial charge in [-0.2, -0.15) is 0 Å². The number of hydrogen-bond donors (Lipinski definition) is 2. The number of hydrogen-bond acceptors (Lipinski definition) is 6. The Morgan fingerprint density at radius 3 is 2.77 bits per heavy atom. The van der Waals surface area contributed by atoms with Crippen LogP contribution in [0, 0.1) is 0 Å². The fourth-order valence-corrected chi connectivity index (χ4v) is 4.15. The van der Waals surface area contributed by atoms with Crippen molar-refractivity contribution in [1.82, 2.24) is 15.2 Å². The van der Waals surface area contributed by atoms with Crippen LogP contribution in [-0.2, 0) is 4.79 Å². The summed E-state index contributed by atoms with van der Waals surface area (Å²) in [6, 6.07) is 5.28. The molecule has 6 heteroatoms. The van der Waals surface area contributed by atoms with Crippen LogP contribution in [0.15, 0.2) is 59.0 Å². The molecule has 0 unspecified atom stereocenters. The molecule has 1 aliphatic heterocycles. The number of nitrogens with zero attached hydrogens (tertiary/aromatic N) is 2. The lowest BCUT2D eigenvalue weighted by atomic mass is 9.98. The zero-order valence-electron chi connectivity index (χ0n) is 22.3. The number of rotatable bonds is 16. The van der Waals surface area contributed by atoms with Crippen molar-refractivity contribution in [1.29, 1.82) is 0 Å². The van der Waals surface area contributed by atoms with Gasteiger partial charge in [-0.05, 0) is 89.5 Å². The largest absolute Gasteiger partial charge is 0.476 e. The van der Waals surface area contributed by atoms with Gasteiger partial charge in [0.2, 0.25) is 5.88 Å². The number of aromatic nitrogens is 1. The van der Waals surface area contributed by atoms with E-state index >= 15 is 0 Å². The van der Waals surface area contributed by atoms with E-state index in [0.29, 0.717) is 18.9 Å². The second-order valence-electron chi connectivity index (χ2n) is 9.49. The van der Waals surface area contributed by atoms with Crippen LogP contribution in [0.4, 0.5) is 0 Å². The van der Waals surface area contributed by atoms with Gasteiger partial charge in [0, 0.05) is 37.6 Å². The smallest absolute Gasteiger partial charge is 0.213 e. The summed E-state index contributed by atoms with van der Waals surface area (Å²) in [6.07, 6.45) is 13.8. The summed E-state index contributed by atoms with van der Waals surface area (Å²) in [7, 11) is 0. The van der Waals surface area contributed by atoms with Gasteiger partial charge < -0.3 is 15.8 Å². The fourth-order valence-electron chi connectivity index (χ4n) is 4.15. The molecule has 6 nitrogen and oxygen atoms in total. The van der Waals surface area contributed by atoms with Crippen LogP contribution in [0.1, 0.15) is 72.6 Å². The molecule has 0 saturated carbocycles. The summed E-state index contributed by atoms with van der Waals surface area (Å²) in [5.41, 5.74) is 11.7. The third kappa shape index (κ3) is 11.2. The van der Waals surface area contributed by atoms with E-state index in [4.69, 9.17) is 10.5 Å². The molecule has 0 bridgehead atoms. The Morgan fingerprint density at radius 2 is 2.09 bits per heavy atom. The van der Waals surface area contributed by atoms with E-state index < -0.39 is 6.04 Å². The Morgan fingerprint density at radius 1 is 1.26 bits per heavy atom. The average Bonchev–Trinajstić information content (AvgIpc) is 2.87. The Kier molecular flexibility index (Phi) is 13.4. The Balaban J connectivity index is 1.87. The zero-order valence-corrected chi connectivity index (χ0v) is 22.3. The molecule has 3 N–H and O–H groups in total. The predicted octanol–water partition coefficient (Wildman–Crippen LogP) is 5.18. The molecule has 1 aromatic heterocycles. The molecule has 1 aliphatic rings. The minimum atomic E-state index is -0.395. The Hall–Kier alpha value is -2.44. The molecule has 0 spiro atoms. The van der Waals surface area contributed by atoms with Gasteiger partial charge in [-0.1, -0.05) is 30.7 Å². The number of nitrogens with one attached hydrogen (secondary N) is 1. The first kappa shape index (κ1) is 28.8. The van der Waals surface area contributed by atoms with E-state index in [1.807, 2.05) is 18.2 Å². The zero-order chi connectivity index (χ0) is 25.5. The molecule has 0 aliphatic carbocycles. The van der Waals surface area contributed by atoms with Gasteiger partial charge in [0.05, 0.1) is 6.04 Å². The fraction of sp³-hybridized carbons (Fsp3) is 0.586. The first-order chi connectivity index (χ1) is 16.9. The van der Waals surface area contributed by atoms with Gasteiger partial charge in [-0.3, -0.25) is 9.69 Å². The van der Waals surface area contributed by atoms with Gasteiger partial charge in [-0.15, -0.1) is 0 Å². The number of allylic oxidation sites excluding steroid dienone is 6. The molecule has 0 amide bonds. The highest BCUT2D eigenvalue weighted by atomic mass is 16.5. The number of ketones is 1. The summed E-state index contributed by atoms with van der Waals surface area (Å²) in [4.78, 5) is 18.2. The minimum absolute atomic E-state index is 0.0461. The van der Waals surface area contributed by atoms with Crippen LogP contribution in [0.25, 0.3) is 0 Å². The van der Waals surface area contributed by atoms with Gasteiger partial charge in [-0.25, -0.2) is 4.98 Å². The maximum atomic E-state index is 11.6. The quantitative estimate of drug-likeness (QED) is 0.250. The van der Waals surface area contributed by atoms with Crippen LogP contribution >= 0.6 is 0 Å². The molecule has 0 saturated heterocycles. The first-order valence-electron chi connectivity index (χ1n) is 13.2.